The lowest BCUT2D eigenvalue weighted by molar-refractivity contribution is -0.137. The third-order valence-electron chi connectivity index (χ3n) is 9.71. The van der Waals surface area contributed by atoms with Crippen molar-refractivity contribution in [2.24, 2.45) is 29.6 Å². The Morgan fingerprint density at radius 3 is 2.40 bits per heavy atom. The largest absolute Gasteiger partial charge is 0.489 e. The number of para-hydroxylation sites is 1. The highest BCUT2D eigenvalue weighted by atomic mass is 35.5. The zero-order valence-corrected chi connectivity index (χ0v) is 25.7. The Morgan fingerprint density at radius 2 is 1.67 bits per heavy atom. The number of nitrogens with zero attached hydrogens (tertiary/aromatic N) is 1. The number of thioether (sulfide) groups is 1. The summed E-state index contributed by atoms with van der Waals surface area (Å²) >= 11 is 8.78. The van der Waals surface area contributed by atoms with Crippen LogP contribution in [-0.4, -0.2) is 22.0 Å². The molecule has 0 radical (unpaired) electrons. The van der Waals surface area contributed by atoms with E-state index < -0.39 is 41.1 Å². The maximum absolute atomic E-state index is 13.9. The van der Waals surface area contributed by atoms with Crippen LogP contribution in [0, 0.1) is 29.6 Å². The van der Waals surface area contributed by atoms with Crippen LogP contribution < -0.4 is 14.5 Å². The molecular weight excluding hydrogens is 645 g/mol. The summed E-state index contributed by atoms with van der Waals surface area (Å²) in [5, 5.41) is 1.31. The average Bonchev–Trinajstić information content (AvgIpc) is 3.75. The number of anilines is 1. The number of amides is 2. The Labute approximate surface area is 268 Å². The summed E-state index contributed by atoms with van der Waals surface area (Å²) in [5.41, 5.74) is 0.482. The Hall–Kier alpha value is -3.54. The predicted octanol–water partition coefficient (Wildman–Crippen LogP) is 7.37. The van der Waals surface area contributed by atoms with Crippen molar-refractivity contribution in [3.63, 3.8) is 0 Å². The zero-order valence-electron chi connectivity index (χ0n) is 23.3. The van der Waals surface area contributed by atoms with Gasteiger partial charge in [0, 0.05) is 21.1 Å². The number of fused-ring (bicyclic) bond motifs is 9. The number of carbonyl (C=O) groups excluding carboxylic acids is 2. The number of carbonyl (C=O) groups is 2. The Kier molecular flexibility index (Phi) is 6.74. The number of hydrogen-bond donors (Lipinski definition) is 1. The molecule has 7 atom stereocenters. The fourth-order valence-corrected chi connectivity index (χ4v) is 11.2. The van der Waals surface area contributed by atoms with E-state index in [0.29, 0.717) is 23.8 Å². The van der Waals surface area contributed by atoms with Crippen LogP contribution in [0.4, 0.5) is 18.9 Å². The molecule has 1 saturated heterocycles. The molecule has 45 heavy (non-hydrogen) atoms. The molecule has 2 bridgehead atoms. The number of benzene rings is 3. The number of ether oxygens (including phenoxy) is 1. The summed E-state index contributed by atoms with van der Waals surface area (Å²) in [5.74, 6) is -2.56. The highest BCUT2D eigenvalue weighted by Gasteiger charge is 2.70. The highest BCUT2D eigenvalue weighted by molar-refractivity contribution is 8.00. The normalized spacial score (nSPS) is 28.3. The van der Waals surface area contributed by atoms with Gasteiger partial charge in [-0.05, 0) is 71.7 Å². The zero-order chi connectivity index (χ0) is 31.2. The maximum Gasteiger partial charge on any atom is 0.418 e. The summed E-state index contributed by atoms with van der Waals surface area (Å²) < 4.78 is 47.8. The molecule has 1 aromatic heterocycles. The van der Waals surface area contributed by atoms with E-state index >= 15 is 0 Å². The molecule has 2 saturated carbocycles. The van der Waals surface area contributed by atoms with Gasteiger partial charge < -0.3 is 9.72 Å². The number of hydrogen-bond acceptors (Lipinski definition) is 6. The number of thiazole rings is 1. The van der Waals surface area contributed by atoms with Gasteiger partial charge in [-0.15, -0.1) is 11.8 Å². The third-order valence-corrected chi connectivity index (χ3v) is 12.5. The first-order chi connectivity index (χ1) is 21.6. The molecule has 6 nitrogen and oxygen atoms in total. The van der Waals surface area contributed by atoms with Crippen molar-refractivity contribution in [1.29, 1.82) is 0 Å². The smallest absolute Gasteiger partial charge is 0.418 e. The number of imide groups is 1. The highest BCUT2D eigenvalue weighted by Crippen LogP contribution is 2.68. The number of alkyl halides is 3. The molecule has 2 amide bonds. The Bertz CT molecular complexity index is 1910. The standard InChI is InChI=1S/C33H24ClF3N2O4S2/c34-17-5-3-4-15(12-17)14-43-18-10-8-16(9-11-18)23-24-19-13-20(27(24)44-29-28(23)45-32(42)38-29)26-25(19)30(40)39(31(26)41)22-7-2-1-6-21(22)33(35,36)37/h1-12,19-20,23-27H,13-14H2,(H,38,42)/t19?,20?,23-,24?,25?,26?,27?/m1/s1. The minimum atomic E-state index is -4.72. The van der Waals surface area contributed by atoms with Crippen molar-refractivity contribution in [3.8, 4) is 5.75 Å². The summed E-state index contributed by atoms with van der Waals surface area (Å²) in [4.78, 5) is 44.8. The molecule has 3 heterocycles. The van der Waals surface area contributed by atoms with Crippen LogP contribution in [0.15, 0.2) is 82.6 Å². The van der Waals surface area contributed by atoms with Gasteiger partial charge in [-0.3, -0.25) is 14.4 Å². The molecule has 6 unspecified atom stereocenters. The monoisotopic (exact) mass is 668 g/mol. The van der Waals surface area contributed by atoms with Crippen molar-refractivity contribution in [2.75, 3.05) is 4.90 Å². The van der Waals surface area contributed by atoms with Gasteiger partial charge in [0.2, 0.25) is 11.8 Å². The second-order valence-electron chi connectivity index (χ2n) is 12.0. The summed E-state index contributed by atoms with van der Waals surface area (Å²) in [6.45, 7) is 0.338. The van der Waals surface area contributed by atoms with Gasteiger partial charge in [-0.25, -0.2) is 4.90 Å². The number of nitrogens with one attached hydrogen (secondary N) is 1. The van der Waals surface area contributed by atoms with Crippen molar-refractivity contribution in [2.45, 2.75) is 35.4 Å². The lowest BCUT2D eigenvalue weighted by atomic mass is 9.68. The number of H-pyrrole nitrogens is 1. The number of halogens is 4. The van der Waals surface area contributed by atoms with E-state index in [1.807, 2.05) is 42.5 Å². The Balaban J connectivity index is 1.12. The van der Waals surface area contributed by atoms with Gasteiger partial charge in [0.15, 0.2) is 0 Å². The second-order valence-corrected chi connectivity index (χ2v) is 14.6. The molecular formula is C33H24ClF3N2O4S2. The fraction of sp³-hybridized carbons (Fsp3) is 0.303. The molecule has 3 aromatic carbocycles. The lowest BCUT2D eigenvalue weighted by Gasteiger charge is -2.43. The minimum Gasteiger partial charge on any atom is -0.489 e. The van der Waals surface area contributed by atoms with Crippen LogP contribution >= 0.6 is 34.7 Å². The van der Waals surface area contributed by atoms with Gasteiger partial charge in [-0.2, -0.15) is 13.2 Å². The number of aromatic nitrogens is 1. The minimum absolute atomic E-state index is 0.0759. The average molecular weight is 669 g/mol. The first kappa shape index (κ1) is 28.9. The Morgan fingerprint density at radius 1 is 0.933 bits per heavy atom. The molecule has 230 valence electrons. The van der Waals surface area contributed by atoms with Crippen molar-refractivity contribution in [3.05, 3.63) is 109 Å². The second kappa shape index (κ2) is 10.5. The van der Waals surface area contributed by atoms with E-state index in [-0.39, 0.29) is 33.8 Å². The van der Waals surface area contributed by atoms with Crippen LogP contribution in [0.5, 0.6) is 5.75 Å². The van der Waals surface area contributed by atoms with E-state index in [1.165, 1.54) is 30.0 Å². The van der Waals surface area contributed by atoms with E-state index in [9.17, 15) is 27.6 Å². The summed E-state index contributed by atoms with van der Waals surface area (Å²) in [7, 11) is 0. The van der Waals surface area contributed by atoms with Crippen molar-refractivity contribution >= 4 is 52.2 Å². The van der Waals surface area contributed by atoms with Gasteiger partial charge in [0.05, 0.1) is 28.1 Å². The van der Waals surface area contributed by atoms with Crippen LogP contribution in [0.2, 0.25) is 5.02 Å². The van der Waals surface area contributed by atoms with Crippen LogP contribution in [0.25, 0.3) is 0 Å². The van der Waals surface area contributed by atoms with Crippen LogP contribution in [-0.2, 0) is 22.4 Å². The third kappa shape index (κ3) is 4.57. The molecule has 12 heteroatoms. The first-order valence-corrected chi connectivity index (χ1v) is 16.6. The van der Waals surface area contributed by atoms with E-state index in [0.717, 1.165) is 43.3 Å². The SMILES string of the molecule is O=C1C2C3CC(C2C(=O)N1c1ccccc1C(F)(F)F)C1C3Sc2[nH]c(=O)sc2[C@@H]1c1ccc(OCc2cccc(Cl)c2)cc1. The molecule has 2 aliphatic heterocycles. The topological polar surface area (TPSA) is 79.5 Å². The van der Waals surface area contributed by atoms with Gasteiger partial charge in [0.1, 0.15) is 12.4 Å². The number of aromatic amines is 1. The molecule has 4 aliphatic rings. The molecule has 0 spiro atoms. The molecule has 8 rings (SSSR count). The quantitative estimate of drug-likeness (QED) is 0.225. The van der Waals surface area contributed by atoms with E-state index in [1.54, 1.807) is 6.07 Å². The maximum atomic E-state index is 13.9. The molecule has 3 fully saturated rings. The summed E-state index contributed by atoms with van der Waals surface area (Å²) in [6.07, 6.45) is -4.08. The van der Waals surface area contributed by atoms with E-state index in [2.05, 4.69) is 4.98 Å². The summed E-state index contributed by atoms with van der Waals surface area (Å²) in [6, 6.07) is 19.9. The van der Waals surface area contributed by atoms with Crippen molar-refractivity contribution < 1.29 is 27.5 Å². The van der Waals surface area contributed by atoms with Gasteiger partial charge in [0.25, 0.3) is 0 Å². The molecule has 4 aromatic rings. The van der Waals surface area contributed by atoms with Gasteiger partial charge in [-0.1, -0.05) is 59.3 Å². The van der Waals surface area contributed by atoms with E-state index in [4.69, 9.17) is 16.3 Å². The molecule has 1 N–H and O–H groups in total. The lowest BCUT2D eigenvalue weighted by Crippen LogP contribution is -2.42. The van der Waals surface area contributed by atoms with Crippen LogP contribution in [0.3, 0.4) is 0 Å². The van der Waals surface area contributed by atoms with Crippen molar-refractivity contribution in [1.82, 2.24) is 4.98 Å². The first-order valence-electron chi connectivity index (χ1n) is 14.5. The number of rotatable bonds is 5. The molecule has 2 aliphatic carbocycles. The fourth-order valence-electron chi connectivity index (χ4n) is 8.10. The predicted molar refractivity (Wildman–Crippen MR) is 165 cm³/mol. The van der Waals surface area contributed by atoms with Crippen LogP contribution in [0.1, 0.15) is 33.9 Å². The van der Waals surface area contributed by atoms with Gasteiger partial charge >= 0.3 is 11.0 Å².